The zero-order chi connectivity index (χ0) is 17.3. The van der Waals surface area contributed by atoms with Crippen molar-refractivity contribution in [3.8, 4) is 41.5 Å². The fraction of sp³-hybridized carbons (Fsp3) is 0.375. The summed E-state index contributed by atoms with van der Waals surface area (Å²) in [5.41, 5.74) is -3.11. The van der Waals surface area contributed by atoms with E-state index < -0.39 is 16.7 Å². The summed E-state index contributed by atoms with van der Waals surface area (Å²) in [6, 6.07) is 10.5. The second-order valence-electron chi connectivity index (χ2n) is 4.92. The number of rotatable bonds is 4. The normalized spacial score (nSPS) is 16.8. The van der Waals surface area contributed by atoms with Crippen LogP contribution in [0.3, 0.4) is 0 Å². The minimum Gasteiger partial charge on any atom is -0.493 e. The number of benzene rings is 1. The number of nitriles is 4. The monoisotopic (exact) mass is 308 g/mol. The maximum absolute atomic E-state index is 9.41. The van der Waals surface area contributed by atoms with Gasteiger partial charge in [-0.25, -0.2) is 0 Å². The van der Waals surface area contributed by atoms with Crippen molar-refractivity contribution in [2.45, 2.75) is 5.92 Å². The van der Waals surface area contributed by atoms with Gasteiger partial charge in [0.25, 0.3) is 0 Å². The summed E-state index contributed by atoms with van der Waals surface area (Å²) in [7, 11) is 4.27. The molecule has 7 nitrogen and oxygen atoms in total. The van der Waals surface area contributed by atoms with Crippen LogP contribution in [-0.2, 0) is 0 Å². The van der Waals surface area contributed by atoms with Gasteiger partial charge >= 0.3 is 0 Å². The fourth-order valence-corrected chi connectivity index (χ4v) is 2.95. The lowest BCUT2D eigenvalue weighted by molar-refractivity contribution is 0.322. The molecular formula is C16H12N4O3. The minimum absolute atomic E-state index is 0.235. The van der Waals surface area contributed by atoms with Gasteiger partial charge in [0.15, 0.2) is 22.3 Å². The van der Waals surface area contributed by atoms with Crippen molar-refractivity contribution in [3.63, 3.8) is 0 Å². The predicted molar refractivity (Wildman–Crippen MR) is 76.2 cm³/mol. The van der Waals surface area contributed by atoms with Crippen LogP contribution in [-0.4, -0.2) is 21.3 Å². The number of hydrogen-bond donors (Lipinski definition) is 0. The van der Waals surface area contributed by atoms with Gasteiger partial charge < -0.3 is 14.2 Å². The summed E-state index contributed by atoms with van der Waals surface area (Å²) in [5, 5.41) is 37.6. The average Bonchev–Trinajstić information content (AvgIpc) is 3.22. The predicted octanol–water partition coefficient (Wildman–Crippen LogP) is 1.88. The van der Waals surface area contributed by atoms with E-state index in [4.69, 9.17) is 14.2 Å². The SMILES string of the molecule is COc1ccc(C2C(C#N)(C#N)C2(C#N)C#N)c(OC)c1OC. The number of ether oxygens (including phenoxy) is 3. The highest BCUT2D eigenvalue weighted by atomic mass is 16.5. The lowest BCUT2D eigenvalue weighted by Crippen LogP contribution is -2.05. The molecule has 0 radical (unpaired) electrons. The van der Waals surface area contributed by atoms with Gasteiger partial charge in [-0.1, -0.05) is 6.07 Å². The first kappa shape index (κ1) is 16.0. The van der Waals surface area contributed by atoms with E-state index >= 15 is 0 Å². The maximum Gasteiger partial charge on any atom is 0.203 e. The number of nitrogens with zero attached hydrogens (tertiary/aromatic N) is 4. The molecule has 114 valence electrons. The number of hydrogen-bond acceptors (Lipinski definition) is 7. The molecule has 7 heteroatoms. The van der Waals surface area contributed by atoms with E-state index in [1.165, 1.54) is 21.3 Å². The highest BCUT2D eigenvalue weighted by molar-refractivity contribution is 5.66. The van der Waals surface area contributed by atoms with Gasteiger partial charge in [0, 0.05) is 5.56 Å². The molecule has 0 unspecified atom stereocenters. The zero-order valence-corrected chi connectivity index (χ0v) is 12.7. The molecule has 2 rings (SSSR count). The fourth-order valence-electron chi connectivity index (χ4n) is 2.95. The Morgan fingerprint density at radius 2 is 1.26 bits per heavy atom. The van der Waals surface area contributed by atoms with E-state index in [2.05, 4.69) is 0 Å². The molecule has 1 aliphatic carbocycles. The highest BCUT2D eigenvalue weighted by Gasteiger charge is 2.82. The van der Waals surface area contributed by atoms with Crippen LogP contribution in [0.4, 0.5) is 0 Å². The van der Waals surface area contributed by atoms with Crippen LogP contribution in [0.2, 0.25) is 0 Å². The Bertz CT molecular complexity index is 754. The quantitative estimate of drug-likeness (QED) is 0.831. The molecule has 0 heterocycles. The van der Waals surface area contributed by atoms with Crippen LogP contribution in [0, 0.1) is 56.2 Å². The Morgan fingerprint density at radius 1 is 0.783 bits per heavy atom. The summed E-state index contributed by atoms with van der Waals surface area (Å²) in [5.74, 6) is -0.0180. The van der Waals surface area contributed by atoms with Crippen molar-refractivity contribution >= 4 is 0 Å². The van der Waals surface area contributed by atoms with Crippen molar-refractivity contribution < 1.29 is 14.2 Å². The molecule has 0 aromatic heterocycles. The van der Waals surface area contributed by atoms with Crippen molar-refractivity contribution in [1.82, 2.24) is 0 Å². The first-order valence-corrected chi connectivity index (χ1v) is 6.51. The first-order valence-electron chi connectivity index (χ1n) is 6.51. The molecule has 0 atom stereocenters. The molecule has 1 aromatic carbocycles. The Balaban J connectivity index is 2.75. The Kier molecular flexibility index (Phi) is 3.75. The third kappa shape index (κ3) is 1.71. The summed E-state index contributed by atoms with van der Waals surface area (Å²) in [6.07, 6.45) is 0. The standard InChI is InChI=1S/C16H12N4O3/c1-21-11-5-4-10(12(22-2)13(11)23-3)14-15(6-17,7-18)16(14,8-19)9-20/h4-5,14H,1-3H3. The van der Waals surface area contributed by atoms with Crippen LogP contribution in [0.5, 0.6) is 17.2 Å². The largest absolute Gasteiger partial charge is 0.493 e. The molecule has 1 saturated carbocycles. The third-order valence-electron chi connectivity index (χ3n) is 4.16. The van der Waals surface area contributed by atoms with Crippen LogP contribution < -0.4 is 14.2 Å². The molecule has 1 fully saturated rings. The number of methoxy groups -OCH3 is 3. The molecule has 23 heavy (non-hydrogen) atoms. The molecule has 0 N–H and O–H groups in total. The second kappa shape index (κ2) is 5.41. The van der Waals surface area contributed by atoms with Gasteiger partial charge in [0.2, 0.25) is 5.75 Å². The van der Waals surface area contributed by atoms with E-state index in [-0.39, 0.29) is 11.5 Å². The van der Waals surface area contributed by atoms with E-state index in [1.807, 2.05) is 24.3 Å². The van der Waals surface area contributed by atoms with Crippen LogP contribution in [0.1, 0.15) is 11.5 Å². The molecule has 1 aromatic rings. The lowest BCUT2D eigenvalue weighted by Gasteiger charge is -2.15. The molecule has 0 saturated heterocycles. The van der Waals surface area contributed by atoms with Gasteiger partial charge in [0.1, 0.15) is 0 Å². The average molecular weight is 308 g/mol. The highest BCUT2D eigenvalue weighted by Crippen LogP contribution is 2.74. The Labute approximate surface area is 133 Å². The summed E-state index contributed by atoms with van der Waals surface area (Å²) >= 11 is 0. The second-order valence-corrected chi connectivity index (χ2v) is 4.92. The first-order chi connectivity index (χ1) is 11.1. The molecule has 1 aliphatic rings. The van der Waals surface area contributed by atoms with Crippen molar-refractivity contribution in [3.05, 3.63) is 17.7 Å². The minimum atomic E-state index is -1.75. The summed E-state index contributed by atoms with van der Waals surface area (Å²) in [6.45, 7) is 0. The van der Waals surface area contributed by atoms with Crippen LogP contribution in [0.25, 0.3) is 0 Å². The van der Waals surface area contributed by atoms with E-state index in [1.54, 1.807) is 12.1 Å². The van der Waals surface area contributed by atoms with Crippen molar-refractivity contribution in [2.24, 2.45) is 10.8 Å². The molecule has 0 aliphatic heterocycles. The lowest BCUT2D eigenvalue weighted by atomic mass is 9.98. The van der Waals surface area contributed by atoms with Crippen molar-refractivity contribution in [2.75, 3.05) is 21.3 Å². The van der Waals surface area contributed by atoms with E-state index in [0.29, 0.717) is 11.3 Å². The van der Waals surface area contributed by atoms with Gasteiger partial charge in [-0.15, -0.1) is 0 Å². The van der Waals surface area contributed by atoms with Gasteiger partial charge in [-0.05, 0) is 6.07 Å². The van der Waals surface area contributed by atoms with Crippen LogP contribution in [0.15, 0.2) is 12.1 Å². The van der Waals surface area contributed by atoms with Gasteiger partial charge in [-0.3, -0.25) is 0 Å². The zero-order valence-electron chi connectivity index (χ0n) is 12.7. The maximum atomic E-state index is 9.41. The molecule has 0 amide bonds. The third-order valence-corrected chi connectivity index (χ3v) is 4.16. The summed E-state index contributed by atoms with van der Waals surface area (Å²) < 4.78 is 15.8. The molecule has 0 bridgehead atoms. The van der Waals surface area contributed by atoms with Crippen molar-refractivity contribution in [1.29, 1.82) is 21.0 Å². The van der Waals surface area contributed by atoms with E-state index in [0.717, 1.165) is 0 Å². The van der Waals surface area contributed by atoms with E-state index in [9.17, 15) is 21.0 Å². The van der Waals surface area contributed by atoms with Gasteiger partial charge in [0.05, 0.1) is 51.5 Å². The molecular weight excluding hydrogens is 296 g/mol. The Morgan fingerprint density at radius 3 is 1.61 bits per heavy atom. The summed E-state index contributed by atoms with van der Waals surface area (Å²) in [4.78, 5) is 0. The Hall–Kier alpha value is -3.42. The smallest absolute Gasteiger partial charge is 0.203 e. The topological polar surface area (TPSA) is 123 Å². The van der Waals surface area contributed by atoms with Crippen LogP contribution >= 0.6 is 0 Å². The van der Waals surface area contributed by atoms with Gasteiger partial charge in [-0.2, -0.15) is 21.0 Å². The molecule has 0 spiro atoms.